The lowest BCUT2D eigenvalue weighted by Gasteiger charge is -2.25. The first-order valence-corrected chi connectivity index (χ1v) is 8.73. The highest BCUT2D eigenvalue weighted by Gasteiger charge is 2.34. The maximum absolute atomic E-state index is 12.8. The molecule has 2 rings (SSSR count). The molecule has 4 heteroatoms. The van der Waals surface area contributed by atoms with Crippen LogP contribution in [0, 0.1) is 0 Å². The molecule has 0 aromatic heterocycles. The van der Waals surface area contributed by atoms with Crippen LogP contribution >= 0.6 is 0 Å². The Morgan fingerprint density at radius 3 is 2.47 bits per heavy atom. The van der Waals surface area contributed by atoms with Crippen LogP contribution in [0.5, 0.6) is 0 Å². The smallest absolute Gasteiger partial charge is 0.182 e. The Kier molecular flexibility index (Phi) is 4.99. The zero-order chi connectivity index (χ0) is 13.7. The van der Waals surface area contributed by atoms with E-state index in [0.717, 1.165) is 38.6 Å². The molecule has 1 aliphatic rings. The molecular formula is C15H23NO2S. The molecule has 106 valence electrons. The van der Waals surface area contributed by atoms with Gasteiger partial charge in [-0.2, -0.15) is 0 Å². The number of nitrogens with one attached hydrogen (secondary N) is 1. The molecule has 0 aliphatic heterocycles. The summed E-state index contributed by atoms with van der Waals surface area (Å²) in [4.78, 5) is 0.463. The van der Waals surface area contributed by atoms with Crippen molar-refractivity contribution >= 4 is 9.84 Å². The monoisotopic (exact) mass is 281 g/mol. The van der Waals surface area contributed by atoms with Gasteiger partial charge < -0.3 is 5.32 Å². The molecule has 0 amide bonds. The summed E-state index contributed by atoms with van der Waals surface area (Å²) >= 11 is 0. The molecule has 19 heavy (non-hydrogen) atoms. The van der Waals surface area contributed by atoms with Crippen molar-refractivity contribution in [3.05, 3.63) is 30.3 Å². The van der Waals surface area contributed by atoms with Gasteiger partial charge in [-0.1, -0.05) is 44.4 Å². The maximum atomic E-state index is 12.8. The molecule has 1 saturated carbocycles. The van der Waals surface area contributed by atoms with Crippen LogP contribution in [0.25, 0.3) is 0 Å². The minimum atomic E-state index is -3.22. The number of hydrogen-bond acceptors (Lipinski definition) is 3. The topological polar surface area (TPSA) is 46.2 Å². The normalized spacial score (nSPS) is 24.9. The van der Waals surface area contributed by atoms with E-state index in [0.29, 0.717) is 4.90 Å². The highest BCUT2D eigenvalue weighted by molar-refractivity contribution is 7.92. The Bertz CT molecular complexity index is 484. The highest BCUT2D eigenvalue weighted by Crippen LogP contribution is 2.28. The first-order chi connectivity index (χ1) is 9.16. The highest BCUT2D eigenvalue weighted by atomic mass is 32.2. The first kappa shape index (κ1) is 14.5. The van der Waals surface area contributed by atoms with Gasteiger partial charge in [0.25, 0.3) is 0 Å². The Morgan fingerprint density at radius 1 is 1.11 bits per heavy atom. The number of rotatable bonds is 4. The average Bonchev–Trinajstić information content (AvgIpc) is 2.66. The molecule has 0 bridgehead atoms. The summed E-state index contributed by atoms with van der Waals surface area (Å²) < 4.78 is 25.6. The van der Waals surface area contributed by atoms with E-state index in [1.165, 1.54) is 0 Å². The lowest BCUT2D eigenvalue weighted by molar-refractivity contribution is 0.460. The van der Waals surface area contributed by atoms with Crippen LogP contribution in [0.3, 0.4) is 0 Å². The van der Waals surface area contributed by atoms with Gasteiger partial charge in [-0.25, -0.2) is 8.42 Å². The third kappa shape index (κ3) is 3.37. The fraction of sp³-hybridized carbons (Fsp3) is 0.600. The van der Waals surface area contributed by atoms with Gasteiger partial charge in [-0.15, -0.1) is 0 Å². The molecule has 0 radical (unpaired) electrons. The lowest BCUT2D eigenvalue weighted by atomic mass is 10.1. The quantitative estimate of drug-likeness (QED) is 0.863. The van der Waals surface area contributed by atoms with Gasteiger partial charge in [0.1, 0.15) is 0 Å². The summed E-state index contributed by atoms with van der Waals surface area (Å²) in [5, 5.41) is 3.09. The first-order valence-electron chi connectivity index (χ1n) is 7.18. The summed E-state index contributed by atoms with van der Waals surface area (Å²) in [5.41, 5.74) is 0. The molecule has 3 nitrogen and oxygen atoms in total. The Morgan fingerprint density at radius 2 is 1.79 bits per heavy atom. The van der Waals surface area contributed by atoms with E-state index in [2.05, 4.69) is 5.32 Å². The molecule has 0 heterocycles. The Balaban J connectivity index is 2.30. The van der Waals surface area contributed by atoms with Crippen LogP contribution in [0.2, 0.25) is 0 Å². The zero-order valence-electron chi connectivity index (χ0n) is 11.5. The molecule has 0 saturated heterocycles. The molecule has 1 fully saturated rings. The van der Waals surface area contributed by atoms with Crippen molar-refractivity contribution in [1.82, 2.24) is 5.32 Å². The predicted octanol–water partition coefficient (Wildman–Crippen LogP) is 2.77. The van der Waals surface area contributed by atoms with Gasteiger partial charge in [0, 0.05) is 6.04 Å². The standard InChI is InChI=1S/C15H23NO2S/c1-2-16-14-11-7-4-8-12-15(14)19(17,18)13-9-5-3-6-10-13/h3,5-6,9-10,14-16H,2,4,7-8,11-12H2,1H3. The molecule has 1 N–H and O–H groups in total. The van der Waals surface area contributed by atoms with Crippen LogP contribution < -0.4 is 5.32 Å². The van der Waals surface area contributed by atoms with Gasteiger partial charge in [0.15, 0.2) is 9.84 Å². The second-order valence-electron chi connectivity index (χ2n) is 5.20. The van der Waals surface area contributed by atoms with Crippen molar-refractivity contribution < 1.29 is 8.42 Å². The van der Waals surface area contributed by atoms with Crippen LogP contribution in [-0.4, -0.2) is 26.3 Å². The van der Waals surface area contributed by atoms with Gasteiger partial charge in [0.05, 0.1) is 10.1 Å². The van der Waals surface area contributed by atoms with E-state index in [9.17, 15) is 8.42 Å². The summed E-state index contributed by atoms with van der Waals surface area (Å²) in [6.07, 6.45) is 5.01. The summed E-state index contributed by atoms with van der Waals surface area (Å²) in [5.74, 6) is 0. The molecule has 2 unspecified atom stereocenters. The third-order valence-corrected chi connectivity index (χ3v) is 6.18. The van der Waals surface area contributed by atoms with Gasteiger partial charge in [-0.05, 0) is 31.5 Å². The van der Waals surface area contributed by atoms with Gasteiger partial charge in [0.2, 0.25) is 0 Å². The van der Waals surface area contributed by atoms with Crippen molar-refractivity contribution in [2.24, 2.45) is 0 Å². The van der Waals surface area contributed by atoms with Crippen LogP contribution in [0.1, 0.15) is 39.0 Å². The molecular weight excluding hydrogens is 258 g/mol. The van der Waals surface area contributed by atoms with E-state index in [1.807, 2.05) is 13.0 Å². The molecule has 0 spiro atoms. The van der Waals surface area contributed by atoms with Gasteiger partial charge >= 0.3 is 0 Å². The molecule has 1 aromatic carbocycles. The summed E-state index contributed by atoms with van der Waals surface area (Å²) in [6.45, 7) is 2.86. The largest absolute Gasteiger partial charge is 0.313 e. The van der Waals surface area contributed by atoms with Crippen molar-refractivity contribution in [3.63, 3.8) is 0 Å². The zero-order valence-corrected chi connectivity index (χ0v) is 12.3. The van der Waals surface area contributed by atoms with E-state index in [-0.39, 0.29) is 11.3 Å². The molecule has 1 aliphatic carbocycles. The minimum Gasteiger partial charge on any atom is -0.313 e. The van der Waals surface area contributed by atoms with Crippen LogP contribution in [0.15, 0.2) is 35.2 Å². The van der Waals surface area contributed by atoms with Crippen molar-refractivity contribution in [1.29, 1.82) is 0 Å². The SMILES string of the molecule is CCNC1CCCCCC1S(=O)(=O)c1ccccc1. The number of benzene rings is 1. The fourth-order valence-electron chi connectivity index (χ4n) is 2.93. The van der Waals surface area contributed by atoms with E-state index in [4.69, 9.17) is 0 Å². The minimum absolute atomic E-state index is 0.0951. The van der Waals surface area contributed by atoms with Gasteiger partial charge in [-0.3, -0.25) is 0 Å². The lowest BCUT2D eigenvalue weighted by Crippen LogP contribution is -2.43. The summed E-state index contributed by atoms with van der Waals surface area (Å²) in [6, 6.07) is 8.97. The Hall–Kier alpha value is -0.870. The van der Waals surface area contributed by atoms with Crippen LogP contribution in [-0.2, 0) is 9.84 Å². The van der Waals surface area contributed by atoms with Crippen molar-refractivity contribution in [2.45, 2.75) is 55.2 Å². The Labute approximate surface area is 116 Å². The third-order valence-electron chi connectivity index (χ3n) is 3.89. The van der Waals surface area contributed by atoms with Crippen molar-refractivity contribution in [3.8, 4) is 0 Å². The number of hydrogen-bond donors (Lipinski definition) is 1. The second-order valence-corrected chi connectivity index (χ2v) is 7.37. The molecule has 2 atom stereocenters. The van der Waals surface area contributed by atoms with Crippen molar-refractivity contribution in [2.75, 3.05) is 6.54 Å². The molecule has 1 aromatic rings. The van der Waals surface area contributed by atoms with E-state index in [1.54, 1.807) is 24.3 Å². The maximum Gasteiger partial charge on any atom is 0.182 e. The summed E-state index contributed by atoms with van der Waals surface area (Å²) in [7, 11) is -3.22. The number of sulfone groups is 1. The van der Waals surface area contributed by atoms with E-state index < -0.39 is 9.84 Å². The van der Waals surface area contributed by atoms with E-state index >= 15 is 0 Å². The second kappa shape index (κ2) is 6.53. The fourth-order valence-corrected chi connectivity index (χ4v) is 4.95. The van der Waals surface area contributed by atoms with Crippen LogP contribution in [0.4, 0.5) is 0 Å². The predicted molar refractivity (Wildman–Crippen MR) is 78.0 cm³/mol. The average molecular weight is 281 g/mol.